The molecule has 160 valence electrons. The van der Waals surface area contributed by atoms with Crippen molar-refractivity contribution in [1.29, 1.82) is 0 Å². The van der Waals surface area contributed by atoms with Crippen LogP contribution in [0.5, 0.6) is 23.0 Å². The Morgan fingerprint density at radius 2 is 1.18 bits per heavy atom. The third-order valence-electron chi connectivity index (χ3n) is 6.95. The first kappa shape index (κ1) is 19.3. The molecular weight excluding hydrogens is 415 g/mol. The van der Waals surface area contributed by atoms with Crippen LogP contribution in [0.15, 0.2) is 109 Å². The molecule has 34 heavy (non-hydrogen) atoms. The summed E-state index contributed by atoms with van der Waals surface area (Å²) >= 11 is 0. The molecule has 0 atom stereocenters. The third-order valence-corrected chi connectivity index (χ3v) is 6.95. The second-order valence-electron chi connectivity index (χ2n) is 8.99. The van der Waals surface area contributed by atoms with Gasteiger partial charge in [0.25, 0.3) is 6.71 Å². The van der Waals surface area contributed by atoms with Crippen LogP contribution in [0.1, 0.15) is 5.56 Å². The molecule has 5 aromatic carbocycles. The van der Waals surface area contributed by atoms with Gasteiger partial charge in [0.2, 0.25) is 0 Å². The van der Waals surface area contributed by atoms with Crippen LogP contribution in [0.3, 0.4) is 0 Å². The molecule has 5 aromatic rings. The fourth-order valence-electron chi connectivity index (χ4n) is 5.31. The summed E-state index contributed by atoms with van der Waals surface area (Å²) in [5.74, 6) is 3.55. The maximum absolute atomic E-state index is 6.55. The lowest BCUT2D eigenvalue weighted by Crippen LogP contribution is -2.57. The summed E-state index contributed by atoms with van der Waals surface area (Å²) in [5.41, 5.74) is 9.37. The van der Waals surface area contributed by atoms with Gasteiger partial charge in [-0.2, -0.15) is 0 Å². The molecule has 0 fully saturated rings. The standard InChI is InChI=1S/C31H21BO2/c1-20-9-5-6-12-24(20)23-18-29-31-30(19-23)34-28-16-15-22(21-10-3-2-4-11-21)17-26(28)32(31)25-13-7-8-14-27(25)33-29/h2-19H,1H3. The zero-order valence-corrected chi connectivity index (χ0v) is 18.8. The van der Waals surface area contributed by atoms with Crippen LogP contribution in [0.25, 0.3) is 22.3 Å². The first-order valence-electron chi connectivity index (χ1n) is 11.6. The zero-order chi connectivity index (χ0) is 22.6. The minimum Gasteiger partial charge on any atom is -0.458 e. The fraction of sp³-hybridized carbons (Fsp3) is 0.0323. The van der Waals surface area contributed by atoms with Crippen molar-refractivity contribution in [2.24, 2.45) is 0 Å². The van der Waals surface area contributed by atoms with E-state index in [1.54, 1.807) is 0 Å². The number of ether oxygens (including phenoxy) is 2. The van der Waals surface area contributed by atoms with Crippen LogP contribution in [0, 0.1) is 6.92 Å². The predicted molar refractivity (Wildman–Crippen MR) is 140 cm³/mol. The highest BCUT2D eigenvalue weighted by molar-refractivity contribution is 6.98. The van der Waals surface area contributed by atoms with Gasteiger partial charge in [-0.3, -0.25) is 0 Å². The van der Waals surface area contributed by atoms with Crippen molar-refractivity contribution in [2.75, 3.05) is 0 Å². The molecular formula is C31H21BO2. The molecule has 0 aromatic heterocycles. The lowest BCUT2D eigenvalue weighted by atomic mass is 9.34. The molecule has 0 N–H and O–H groups in total. The Labute approximate surface area is 199 Å². The summed E-state index contributed by atoms with van der Waals surface area (Å²) in [7, 11) is 0. The normalized spacial score (nSPS) is 12.7. The highest BCUT2D eigenvalue weighted by Crippen LogP contribution is 2.39. The summed E-state index contributed by atoms with van der Waals surface area (Å²) in [6.45, 7) is 2.20. The van der Waals surface area contributed by atoms with Crippen molar-refractivity contribution in [2.45, 2.75) is 6.92 Å². The highest BCUT2D eigenvalue weighted by atomic mass is 16.5. The van der Waals surface area contributed by atoms with E-state index in [4.69, 9.17) is 9.47 Å². The topological polar surface area (TPSA) is 18.5 Å². The number of aryl methyl sites for hydroxylation is 1. The Morgan fingerprint density at radius 3 is 1.97 bits per heavy atom. The largest absolute Gasteiger partial charge is 0.458 e. The Bertz CT molecular complexity index is 1560. The van der Waals surface area contributed by atoms with E-state index >= 15 is 0 Å². The van der Waals surface area contributed by atoms with Gasteiger partial charge in [0.05, 0.1) is 0 Å². The van der Waals surface area contributed by atoms with Gasteiger partial charge in [-0.15, -0.1) is 0 Å². The fourth-order valence-corrected chi connectivity index (χ4v) is 5.31. The molecule has 3 heteroatoms. The average molecular weight is 436 g/mol. The molecule has 2 aliphatic rings. The van der Waals surface area contributed by atoms with Crippen LogP contribution in [-0.4, -0.2) is 6.71 Å². The molecule has 2 heterocycles. The van der Waals surface area contributed by atoms with Gasteiger partial charge < -0.3 is 9.47 Å². The molecule has 2 aliphatic heterocycles. The monoisotopic (exact) mass is 436 g/mol. The molecule has 0 amide bonds. The van der Waals surface area contributed by atoms with E-state index < -0.39 is 0 Å². The Morgan fingerprint density at radius 1 is 0.500 bits per heavy atom. The van der Waals surface area contributed by atoms with E-state index in [1.165, 1.54) is 33.2 Å². The van der Waals surface area contributed by atoms with Crippen molar-refractivity contribution in [3.63, 3.8) is 0 Å². The van der Waals surface area contributed by atoms with Gasteiger partial charge in [-0.25, -0.2) is 0 Å². The number of benzene rings is 5. The predicted octanol–water partition coefficient (Wildman–Crippen LogP) is 6.06. The van der Waals surface area contributed by atoms with Gasteiger partial charge in [0, 0.05) is 5.46 Å². The lowest BCUT2D eigenvalue weighted by Gasteiger charge is -2.33. The zero-order valence-electron chi connectivity index (χ0n) is 18.8. The summed E-state index contributed by atoms with van der Waals surface area (Å²) in [6.07, 6.45) is 0. The summed E-state index contributed by atoms with van der Waals surface area (Å²) in [4.78, 5) is 0. The van der Waals surface area contributed by atoms with Crippen LogP contribution in [0.2, 0.25) is 0 Å². The molecule has 0 unspecified atom stereocenters. The average Bonchev–Trinajstić information content (AvgIpc) is 2.89. The van der Waals surface area contributed by atoms with Crippen LogP contribution in [-0.2, 0) is 0 Å². The Kier molecular flexibility index (Phi) is 4.19. The van der Waals surface area contributed by atoms with E-state index in [9.17, 15) is 0 Å². The van der Waals surface area contributed by atoms with Crippen molar-refractivity contribution in [3.8, 4) is 45.3 Å². The quantitative estimate of drug-likeness (QED) is 0.307. The maximum Gasteiger partial charge on any atom is 0.260 e. The number of fused-ring (bicyclic) bond motifs is 4. The lowest BCUT2D eigenvalue weighted by molar-refractivity contribution is 0.465. The van der Waals surface area contributed by atoms with Crippen LogP contribution >= 0.6 is 0 Å². The van der Waals surface area contributed by atoms with E-state index in [0.717, 1.165) is 34.0 Å². The van der Waals surface area contributed by atoms with Gasteiger partial charge in [0.1, 0.15) is 23.0 Å². The maximum atomic E-state index is 6.55. The first-order valence-corrected chi connectivity index (χ1v) is 11.6. The SMILES string of the molecule is Cc1ccccc1-c1cc2c3c(c1)Oc1ccc(-c4ccccc4)cc1B3c1ccccc1O2. The molecule has 0 saturated carbocycles. The molecule has 7 rings (SSSR count). The molecule has 0 spiro atoms. The van der Waals surface area contributed by atoms with Gasteiger partial charge in [-0.05, 0) is 69.9 Å². The Balaban J connectivity index is 1.46. The smallest absolute Gasteiger partial charge is 0.260 e. The van der Waals surface area contributed by atoms with E-state index in [-0.39, 0.29) is 6.71 Å². The molecule has 0 aliphatic carbocycles. The number of hydrogen-bond acceptors (Lipinski definition) is 2. The summed E-state index contributed by atoms with van der Waals surface area (Å²) in [5, 5.41) is 0. The van der Waals surface area contributed by atoms with Gasteiger partial charge in [0.15, 0.2) is 0 Å². The number of hydrogen-bond donors (Lipinski definition) is 0. The van der Waals surface area contributed by atoms with Crippen molar-refractivity contribution >= 4 is 23.1 Å². The summed E-state index contributed by atoms with van der Waals surface area (Å²) in [6, 6.07) is 38.2. The van der Waals surface area contributed by atoms with Crippen molar-refractivity contribution in [1.82, 2.24) is 0 Å². The third kappa shape index (κ3) is 2.90. The van der Waals surface area contributed by atoms with Crippen molar-refractivity contribution < 1.29 is 9.47 Å². The van der Waals surface area contributed by atoms with E-state index in [1.807, 2.05) is 12.1 Å². The second kappa shape index (κ2) is 7.39. The molecule has 0 saturated heterocycles. The molecule has 0 radical (unpaired) electrons. The Hall–Kier alpha value is -4.24. The summed E-state index contributed by atoms with van der Waals surface area (Å²) < 4.78 is 13.0. The second-order valence-corrected chi connectivity index (χ2v) is 8.99. The molecule has 2 nitrogen and oxygen atoms in total. The molecule has 0 bridgehead atoms. The van der Waals surface area contributed by atoms with Gasteiger partial charge in [-0.1, -0.05) is 84.9 Å². The minimum atomic E-state index is 0.0632. The first-order chi connectivity index (χ1) is 16.8. The highest BCUT2D eigenvalue weighted by Gasteiger charge is 2.40. The number of rotatable bonds is 2. The van der Waals surface area contributed by atoms with E-state index in [0.29, 0.717) is 0 Å². The van der Waals surface area contributed by atoms with Gasteiger partial charge >= 0.3 is 0 Å². The van der Waals surface area contributed by atoms with Crippen LogP contribution in [0.4, 0.5) is 0 Å². The van der Waals surface area contributed by atoms with E-state index in [2.05, 4.69) is 104 Å². The van der Waals surface area contributed by atoms with Crippen LogP contribution < -0.4 is 25.9 Å². The van der Waals surface area contributed by atoms with Crippen molar-refractivity contribution in [3.05, 3.63) is 115 Å². The number of para-hydroxylation sites is 1. The minimum absolute atomic E-state index is 0.0632.